The molecule has 0 fully saturated rings. The number of nitrogens with two attached hydrogens (primary N) is 1. The summed E-state index contributed by atoms with van der Waals surface area (Å²) in [7, 11) is 0. The van der Waals surface area contributed by atoms with Gasteiger partial charge in [0.1, 0.15) is 5.15 Å². The van der Waals surface area contributed by atoms with Crippen molar-refractivity contribution in [2.45, 2.75) is 0 Å². The largest absolute Gasteiger partial charge is 0.492 e. The standard InChI is InChI=1S/C7H5ClN4O2/c8-3-1-2-4-10-7(14)5(6(9)13)12(4)11-3/h1-2,14H,(H2,9,13). The maximum atomic E-state index is 10.9. The van der Waals surface area contributed by atoms with E-state index in [1.54, 1.807) is 0 Å². The predicted octanol–water partition coefficient (Wildman–Crippen LogP) is 0.187. The Bertz CT molecular complexity index is 522. The summed E-state index contributed by atoms with van der Waals surface area (Å²) in [6.45, 7) is 0. The molecular formula is C7H5ClN4O2. The van der Waals surface area contributed by atoms with Crippen LogP contribution in [0.15, 0.2) is 12.1 Å². The first-order valence-electron chi connectivity index (χ1n) is 3.63. The van der Waals surface area contributed by atoms with Crippen molar-refractivity contribution in [3.05, 3.63) is 23.0 Å². The molecule has 0 saturated heterocycles. The van der Waals surface area contributed by atoms with Gasteiger partial charge in [-0.25, -0.2) is 4.52 Å². The van der Waals surface area contributed by atoms with E-state index in [1.807, 2.05) is 0 Å². The van der Waals surface area contributed by atoms with Crippen LogP contribution in [0, 0.1) is 0 Å². The molecule has 0 aromatic carbocycles. The maximum absolute atomic E-state index is 10.9. The lowest BCUT2D eigenvalue weighted by Gasteiger charge is -1.95. The SMILES string of the molecule is NC(=O)c1c(O)nc2ccc(Cl)nn12. The van der Waals surface area contributed by atoms with Crippen molar-refractivity contribution in [3.8, 4) is 5.88 Å². The molecule has 2 aromatic heterocycles. The van der Waals surface area contributed by atoms with Gasteiger partial charge in [-0.1, -0.05) is 11.6 Å². The second-order valence-corrected chi connectivity index (χ2v) is 2.96. The van der Waals surface area contributed by atoms with Crippen LogP contribution in [0.25, 0.3) is 5.65 Å². The molecule has 1 amide bonds. The third-order valence-electron chi connectivity index (χ3n) is 1.66. The van der Waals surface area contributed by atoms with E-state index in [0.717, 1.165) is 4.52 Å². The molecule has 2 heterocycles. The monoisotopic (exact) mass is 212 g/mol. The molecule has 14 heavy (non-hydrogen) atoms. The van der Waals surface area contributed by atoms with Crippen molar-refractivity contribution in [2.75, 3.05) is 0 Å². The van der Waals surface area contributed by atoms with E-state index in [0.29, 0.717) is 5.65 Å². The number of hydrogen-bond acceptors (Lipinski definition) is 4. The van der Waals surface area contributed by atoms with Crippen molar-refractivity contribution in [2.24, 2.45) is 5.73 Å². The van der Waals surface area contributed by atoms with Gasteiger partial charge in [-0.2, -0.15) is 10.1 Å². The number of halogens is 1. The first kappa shape index (κ1) is 8.76. The zero-order valence-electron chi connectivity index (χ0n) is 6.81. The number of rotatable bonds is 1. The highest BCUT2D eigenvalue weighted by molar-refractivity contribution is 6.29. The highest BCUT2D eigenvalue weighted by Gasteiger charge is 2.17. The second-order valence-electron chi connectivity index (χ2n) is 2.57. The summed E-state index contributed by atoms with van der Waals surface area (Å²) in [5, 5.41) is 13.2. The van der Waals surface area contributed by atoms with Gasteiger partial charge in [0.25, 0.3) is 5.91 Å². The lowest BCUT2D eigenvalue weighted by molar-refractivity contribution is 0.0990. The topological polar surface area (TPSA) is 93.5 Å². The number of amides is 1. The number of nitrogens with zero attached hydrogens (tertiary/aromatic N) is 3. The molecule has 0 unspecified atom stereocenters. The fourth-order valence-corrected chi connectivity index (χ4v) is 1.25. The van der Waals surface area contributed by atoms with E-state index in [4.69, 9.17) is 17.3 Å². The average molecular weight is 213 g/mol. The van der Waals surface area contributed by atoms with Gasteiger partial charge in [-0.05, 0) is 12.1 Å². The molecule has 6 nitrogen and oxygen atoms in total. The molecule has 0 atom stereocenters. The van der Waals surface area contributed by atoms with E-state index >= 15 is 0 Å². The molecular weight excluding hydrogens is 208 g/mol. The smallest absolute Gasteiger partial charge is 0.273 e. The Kier molecular flexibility index (Phi) is 1.78. The summed E-state index contributed by atoms with van der Waals surface area (Å²) in [6.07, 6.45) is 0. The number of aromatic hydroxyl groups is 1. The first-order chi connectivity index (χ1) is 6.59. The van der Waals surface area contributed by atoms with Crippen molar-refractivity contribution < 1.29 is 9.90 Å². The molecule has 3 N–H and O–H groups in total. The minimum Gasteiger partial charge on any atom is -0.492 e. The van der Waals surface area contributed by atoms with Gasteiger partial charge in [0.2, 0.25) is 5.88 Å². The minimum atomic E-state index is -0.815. The summed E-state index contributed by atoms with van der Waals surface area (Å²) in [5.41, 5.74) is 5.16. The van der Waals surface area contributed by atoms with Crippen molar-refractivity contribution in [1.29, 1.82) is 0 Å². The van der Waals surface area contributed by atoms with Crippen LogP contribution < -0.4 is 5.73 Å². The van der Waals surface area contributed by atoms with Gasteiger partial charge in [-0.3, -0.25) is 4.79 Å². The van der Waals surface area contributed by atoms with Gasteiger partial charge in [0.15, 0.2) is 11.3 Å². The van der Waals surface area contributed by atoms with Crippen LogP contribution >= 0.6 is 11.6 Å². The molecule has 7 heteroatoms. The summed E-state index contributed by atoms with van der Waals surface area (Å²) in [5.74, 6) is -1.27. The van der Waals surface area contributed by atoms with E-state index in [1.165, 1.54) is 12.1 Å². The molecule has 0 spiro atoms. The van der Waals surface area contributed by atoms with E-state index in [-0.39, 0.29) is 10.8 Å². The minimum absolute atomic E-state index is 0.178. The van der Waals surface area contributed by atoms with Crippen LogP contribution in [-0.4, -0.2) is 25.6 Å². The zero-order valence-corrected chi connectivity index (χ0v) is 7.56. The lowest BCUT2D eigenvalue weighted by atomic mass is 10.4. The number of carbonyl (C=O) groups is 1. The Labute approximate surface area is 82.9 Å². The van der Waals surface area contributed by atoms with Crippen molar-refractivity contribution in [1.82, 2.24) is 14.6 Å². The number of fused-ring (bicyclic) bond motifs is 1. The van der Waals surface area contributed by atoms with Crippen LogP contribution in [0.3, 0.4) is 0 Å². The van der Waals surface area contributed by atoms with Gasteiger partial charge in [-0.15, -0.1) is 0 Å². The number of imidazole rings is 1. The molecule has 2 rings (SSSR count). The Hall–Kier alpha value is -1.82. The van der Waals surface area contributed by atoms with Crippen molar-refractivity contribution in [3.63, 3.8) is 0 Å². The maximum Gasteiger partial charge on any atom is 0.273 e. The summed E-state index contributed by atoms with van der Waals surface area (Å²) >= 11 is 5.61. The van der Waals surface area contributed by atoms with Crippen LogP contribution in [0.2, 0.25) is 5.15 Å². The number of carbonyl (C=O) groups excluding carboxylic acids is 1. The quantitative estimate of drug-likeness (QED) is 0.706. The summed E-state index contributed by atoms with van der Waals surface area (Å²) in [6, 6.07) is 3.01. The predicted molar refractivity (Wildman–Crippen MR) is 48.2 cm³/mol. The highest BCUT2D eigenvalue weighted by Crippen LogP contribution is 2.17. The third-order valence-corrected chi connectivity index (χ3v) is 1.86. The highest BCUT2D eigenvalue weighted by atomic mass is 35.5. The molecule has 0 saturated carbocycles. The van der Waals surface area contributed by atoms with Gasteiger partial charge in [0.05, 0.1) is 0 Å². The molecule has 72 valence electrons. The number of aromatic nitrogens is 3. The molecule has 0 bridgehead atoms. The average Bonchev–Trinajstić information content (AvgIpc) is 2.40. The molecule has 0 aliphatic heterocycles. The Balaban J connectivity index is 2.86. The lowest BCUT2D eigenvalue weighted by Crippen LogP contribution is -2.15. The first-order valence-corrected chi connectivity index (χ1v) is 4.01. The third kappa shape index (κ3) is 1.16. The number of hydrogen-bond donors (Lipinski definition) is 2. The van der Waals surface area contributed by atoms with Crippen LogP contribution in [0.5, 0.6) is 5.88 Å². The molecule has 0 aliphatic rings. The van der Waals surface area contributed by atoms with Gasteiger partial charge in [0, 0.05) is 0 Å². The van der Waals surface area contributed by atoms with Gasteiger partial charge >= 0.3 is 0 Å². The Morgan fingerprint density at radius 1 is 1.57 bits per heavy atom. The fraction of sp³-hybridized carbons (Fsp3) is 0. The molecule has 0 aliphatic carbocycles. The van der Waals surface area contributed by atoms with Gasteiger partial charge < -0.3 is 10.8 Å². The summed E-state index contributed by atoms with van der Waals surface area (Å²) < 4.78 is 1.10. The van der Waals surface area contributed by atoms with Crippen LogP contribution in [0.4, 0.5) is 0 Å². The van der Waals surface area contributed by atoms with Crippen LogP contribution in [0.1, 0.15) is 10.5 Å². The normalized spacial score (nSPS) is 10.6. The number of primary amides is 1. The Morgan fingerprint density at radius 3 is 2.93 bits per heavy atom. The van der Waals surface area contributed by atoms with E-state index < -0.39 is 11.8 Å². The van der Waals surface area contributed by atoms with Crippen LogP contribution in [-0.2, 0) is 0 Å². The fourth-order valence-electron chi connectivity index (χ4n) is 1.11. The summed E-state index contributed by atoms with van der Waals surface area (Å²) in [4.78, 5) is 14.6. The van der Waals surface area contributed by atoms with Crippen molar-refractivity contribution >= 4 is 23.2 Å². The zero-order chi connectivity index (χ0) is 10.3. The van der Waals surface area contributed by atoms with E-state index in [9.17, 15) is 9.90 Å². The Morgan fingerprint density at radius 2 is 2.29 bits per heavy atom. The van der Waals surface area contributed by atoms with E-state index in [2.05, 4.69) is 10.1 Å². The molecule has 0 radical (unpaired) electrons. The molecule has 2 aromatic rings. The second kappa shape index (κ2) is 2.85.